The monoisotopic (exact) mass is 284 g/mol. The van der Waals surface area contributed by atoms with Gasteiger partial charge in [-0.3, -0.25) is 0 Å². The fraction of sp³-hybridized carbons (Fsp3) is 0.118. The molecule has 0 atom stereocenters. The molecule has 108 valence electrons. The third-order valence-electron chi connectivity index (χ3n) is 2.77. The fourth-order valence-corrected chi connectivity index (χ4v) is 1.71. The lowest BCUT2D eigenvalue weighted by Crippen LogP contribution is -1.98. The summed E-state index contributed by atoms with van der Waals surface area (Å²) in [4.78, 5) is 11.3. The predicted octanol–water partition coefficient (Wildman–Crippen LogP) is 3.38. The van der Waals surface area contributed by atoms with Crippen LogP contribution in [0.2, 0.25) is 0 Å². The molecule has 1 aromatic carbocycles. The van der Waals surface area contributed by atoms with E-state index >= 15 is 0 Å². The standard InChI is InChI=1S/C17H16O4/c1-19-14-9-7-13(8-10-14)5-3-4-6-15-11-16(20-2)12-17(18)21-15/h3-12H,1-2H3/b5-3-,6-4+. The molecule has 0 fully saturated rings. The van der Waals surface area contributed by atoms with Crippen molar-refractivity contribution in [2.45, 2.75) is 0 Å². The van der Waals surface area contributed by atoms with E-state index in [9.17, 15) is 4.79 Å². The molecule has 4 nitrogen and oxygen atoms in total. The summed E-state index contributed by atoms with van der Waals surface area (Å²) in [6, 6.07) is 10.6. The average molecular weight is 284 g/mol. The van der Waals surface area contributed by atoms with Gasteiger partial charge < -0.3 is 13.9 Å². The van der Waals surface area contributed by atoms with E-state index in [1.54, 1.807) is 25.3 Å². The van der Waals surface area contributed by atoms with Crippen molar-refractivity contribution in [3.05, 3.63) is 70.3 Å². The fourth-order valence-electron chi connectivity index (χ4n) is 1.71. The second-order valence-corrected chi connectivity index (χ2v) is 4.21. The van der Waals surface area contributed by atoms with Crippen molar-refractivity contribution < 1.29 is 13.9 Å². The molecule has 0 aliphatic carbocycles. The molecular formula is C17H16O4. The first kappa shape index (κ1) is 14.7. The summed E-state index contributed by atoms with van der Waals surface area (Å²) in [7, 11) is 3.14. The largest absolute Gasteiger partial charge is 0.497 e. The highest BCUT2D eigenvalue weighted by molar-refractivity contribution is 5.56. The van der Waals surface area contributed by atoms with Crippen molar-refractivity contribution in [1.82, 2.24) is 0 Å². The first-order valence-electron chi connectivity index (χ1n) is 6.39. The van der Waals surface area contributed by atoms with Gasteiger partial charge in [-0.25, -0.2) is 4.79 Å². The van der Waals surface area contributed by atoms with Gasteiger partial charge in [-0.15, -0.1) is 0 Å². The summed E-state index contributed by atoms with van der Waals surface area (Å²) < 4.78 is 15.1. The van der Waals surface area contributed by atoms with E-state index in [1.165, 1.54) is 13.2 Å². The lowest BCUT2D eigenvalue weighted by atomic mass is 10.2. The molecule has 0 unspecified atom stereocenters. The summed E-state index contributed by atoms with van der Waals surface area (Å²) >= 11 is 0. The van der Waals surface area contributed by atoms with E-state index in [0.29, 0.717) is 11.5 Å². The highest BCUT2D eigenvalue weighted by Crippen LogP contribution is 2.13. The Morgan fingerprint density at radius 1 is 0.905 bits per heavy atom. The van der Waals surface area contributed by atoms with Crippen LogP contribution in [-0.4, -0.2) is 14.2 Å². The molecule has 2 rings (SSSR count). The Morgan fingerprint density at radius 2 is 1.57 bits per heavy atom. The van der Waals surface area contributed by atoms with Crippen molar-refractivity contribution >= 4 is 12.2 Å². The summed E-state index contributed by atoms with van der Waals surface area (Å²) in [6.45, 7) is 0. The Morgan fingerprint density at radius 3 is 2.24 bits per heavy atom. The molecule has 0 spiro atoms. The minimum Gasteiger partial charge on any atom is -0.497 e. The second-order valence-electron chi connectivity index (χ2n) is 4.21. The van der Waals surface area contributed by atoms with Gasteiger partial charge in [0.05, 0.1) is 20.3 Å². The maximum Gasteiger partial charge on any atom is 0.339 e. The predicted molar refractivity (Wildman–Crippen MR) is 82.6 cm³/mol. The molecule has 0 aliphatic rings. The van der Waals surface area contributed by atoms with Crippen LogP contribution >= 0.6 is 0 Å². The van der Waals surface area contributed by atoms with Crippen molar-refractivity contribution in [3.63, 3.8) is 0 Å². The van der Waals surface area contributed by atoms with Gasteiger partial charge >= 0.3 is 5.63 Å². The topological polar surface area (TPSA) is 48.7 Å². The van der Waals surface area contributed by atoms with Gasteiger partial charge in [-0.1, -0.05) is 30.4 Å². The minimum absolute atomic E-state index is 0.437. The van der Waals surface area contributed by atoms with E-state index in [2.05, 4.69) is 0 Å². The van der Waals surface area contributed by atoms with Crippen LogP contribution in [0.25, 0.3) is 12.2 Å². The summed E-state index contributed by atoms with van der Waals surface area (Å²) in [5, 5.41) is 0. The van der Waals surface area contributed by atoms with Crippen LogP contribution < -0.4 is 15.1 Å². The summed E-state index contributed by atoms with van der Waals surface area (Å²) in [5.74, 6) is 1.74. The van der Waals surface area contributed by atoms with Crippen LogP contribution in [0.15, 0.2) is 57.8 Å². The maximum absolute atomic E-state index is 11.3. The lowest BCUT2D eigenvalue weighted by molar-refractivity contribution is 0.400. The van der Waals surface area contributed by atoms with Gasteiger partial charge in [0.2, 0.25) is 0 Å². The van der Waals surface area contributed by atoms with Crippen LogP contribution in [0, 0.1) is 0 Å². The van der Waals surface area contributed by atoms with Gasteiger partial charge in [0.1, 0.15) is 17.3 Å². The van der Waals surface area contributed by atoms with Crippen LogP contribution in [0.4, 0.5) is 0 Å². The molecule has 1 heterocycles. The average Bonchev–Trinajstić information content (AvgIpc) is 2.51. The molecule has 0 saturated heterocycles. The number of allylic oxidation sites excluding steroid dienone is 2. The molecule has 21 heavy (non-hydrogen) atoms. The summed E-state index contributed by atoms with van der Waals surface area (Å²) in [6.07, 6.45) is 7.29. The number of ether oxygens (including phenoxy) is 2. The lowest BCUT2D eigenvalue weighted by Gasteiger charge is -1.98. The molecule has 4 heteroatoms. The third-order valence-corrected chi connectivity index (χ3v) is 2.77. The van der Waals surface area contributed by atoms with Crippen LogP contribution in [-0.2, 0) is 0 Å². The third kappa shape index (κ3) is 4.38. The van der Waals surface area contributed by atoms with Gasteiger partial charge in [-0.2, -0.15) is 0 Å². The Kier molecular flexibility index (Phi) is 4.99. The van der Waals surface area contributed by atoms with E-state index in [-0.39, 0.29) is 0 Å². The van der Waals surface area contributed by atoms with Crippen LogP contribution in [0.3, 0.4) is 0 Å². The van der Waals surface area contributed by atoms with Crippen molar-refractivity contribution in [2.75, 3.05) is 14.2 Å². The number of methoxy groups -OCH3 is 2. The SMILES string of the molecule is COc1ccc(/C=C\C=C\c2cc(OC)cc(=O)o2)cc1. The number of hydrogen-bond donors (Lipinski definition) is 0. The van der Waals surface area contributed by atoms with Gasteiger partial charge in [0, 0.05) is 6.07 Å². The van der Waals surface area contributed by atoms with E-state index < -0.39 is 5.63 Å². The Hall–Kier alpha value is -2.75. The van der Waals surface area contributed by atoms with Crippen LogP contribution in [0.5, 0.6) is 11.5 Å². The minimum atomic E-state index is -0.437. The molecule has 0 N–H and O–H groups in total. The van der Waals surface area contributed by atoms with E-state index in [0.717, 1.165) is 11.3 Å². The Labute approximate surface area is 122 Å². The molecule has 0 aliphatic heterocycles. The van der Waals surface area contributed by atoms with E-state index in [4.69, 9.17) is 13.9 Å². The zero-order chi connectivity index (χ0) is 15.1. The molecule has 0 amide bonds. The second kappa shape index (κ2) is 7.14. The van der Waals surface area contributed by atoms with Crippen molar-refractivity contribution in [2.24, 2.45) is 0 Å². The maximum atomic E-state index is 11.3. The zero-order valence-corrected chi connectivity index (χ0v) is 11.9. The van der Waals surface area contributed by atoms with Gasteiger partial charge in [0.15, 0.2) is 0 Å². The van der Waals surface area contributed by atoms with Gasteiger partial charge in [-0.05, 0) is 23.8 Å². The molecule has 2 aromatic rings. The number of rotatable bonds is 5. The molecule has 1 aromatic heterocycles. The van der Waals surface area contributed by atoms with Gasteiger partial charge in [0.25, 0.3) is 0 Å². The smallest absolute Gasteiger partial charge is 0.339 e. The molecular weight excluding hydrogens is 268 g/mol. The Bertz CT molecular complexity index is 693. The zero-order valence-electron chi connectivity index (χ0n) is 11.9. The molecule has 0 bridgehead atoms. The van der Waals surface area contributed by atoms with Crippen molar-refractivity contribution in [1.29, 1.82) is 0 Å². The quantitative estimate of drug-likeness (QED) is 0.790. The Balaban J connectivity index is 2.05. The highest BCUT2D eigenvalue weighted by atomic mass is 16.5. The normalized spacial score (nSPS) is 11.1. The molecule has 0 saturated carbocycles. The molecule has 0 radical (unpaired) electrons. The van der Waals surface area contributed by atoms with E-state index in [1.807, 2.05) is 36.4 Å². The number of hydrogen-bond acceptors (Lipinski definition) is 4. The van der Waals surface area contributed by atoms with Crippen molar-refractivity contribution in [3.8, 4) is 11.5 Å². The summed E-state index contributed by atoms with van der Waals surface area (Å²) in [5.41, 5.74) is 0.612. The first-order valence-corrected chi connectivity index (χ1v) is 6.39. The van der Waals surface area contributed by atoms with Crippen LogP contribution in [0.1, 0.15) is 11.3 Å². The highest BCUT2D eigenvalue weighted by Gasteiger charge is 1.97. The number of benzene rings is 1. The first-order chi connectivity index (χ1) is 10.2.